The number of aryl methyl sites for hydroxylation is 3. The number of hydrogen-bond donors (Lipinski definition) is 2. The number of aliphatic imine (C=N–C) groups is 1. The highest BCUT2D eigenvalue weighted by atomic mass is 127. The van der Waals surface area contributed by atoms with E-state index in [1.165, 1.54) is 14.9 Å². The number of halogens is 1. The molecule has 0 amide bonds. The molecule has 2 rings (SSSR count). The lowest BCUT2D eigenvalue weighted by atomic mass is 10.3. The molecule has 0 aromatic carbocycles. The van der Waals surface area contributed by atoms with Crippen LogP contribution < -0.4 is 10.6 Å². The summed E-state index contributed by atoms with van der Waals surface area (Å²) in [4.78, 5) is 14.9. The largest absolute Gasteiger partial charge is 0.357 e. The molecule has 0 unspecified atom stereocenters. The van der Waals surface area contributed by atoms with E-state index in [1.807, 2.05) is 13.1 Å². The topological polar surface area (TPSA) is 62.2 Å². The molecule has 140 valence electrons. The van der Waals surface area contributed by atoms with Gasteiger partial charge in [0.1, 0.15) is 0 Å². The third-order valence-electron chi connectivity index (χ3n) is 3.41. The number of guanidine groups is 1. The highest BCUT2D eigenvalue weighted by Crippen LogP contribution is 2.13. The lowest BCUT2D eigenvalue weighted by Gasteiger charge is -2.10. The molecule has 2 aromatic rings. The molecule has 0 aliphatic carbocycles. The van der Waals surface area contributed by atoms with Crippen LogP contribution in [-0.2, 0) is 19.3 Å². The second-order valence-corrected chi connectivity index (χ2v) is 7.64. The van der Waals surface area contributed by atoms with Crippen LogP contribution in [0.2, 0.25) is 0 Å². The van der Waals surface area contributed by atoms with Gasteiger partial charge in [-0.1, -0.05) is 6.92 Å². The van der Waals surface area contributed by atoms with E-state index in [9.17, 15) is 0 Å². The van der Waals surface area contributed by atoms with Crippen molar-refractivity contribution in [1.29, 1.82) is 0 Å². The minimum absolute atomic E-state index is 0. The zero-order chi connectivity index (χ0) is 17.2. The van der Waals surface area contributed by atoms with E-state index >= 15 is 0 Å². The number of thiazole rings is 2. The van der Waals surface area contributed by atoms with Crippen LogP contribution in [0.15, 0.2) is 16.6 Å². The van der Waals surface area contributed by atoms with E-state index in [2.05, 4.69) is 44.8 Å². The molecule has 0 bridgehead atoms. The first-order valence-electron chi connectivity index (χ1n) is 8.58. The lowest BCUT2D eigenvalue weighted by molar-refractivity contribution is 0.773. The Morgan fingerprint density at radius 3 is 2.68 bits per heavy atom. The summed E-state index contributed by atoms with van der Waals surface area (Å²) in [5.74, 6) is 0.889. The summed E-state index contributed by atoms with van der Waals surface area (Å²) in [5, 5.41) is 11.2. The Morgan fingerprint density at radius 1 is 1.20 bits per heavy atom. The molecule has 0 radical (unpaired) electrons. The Balaban J connectivity index is 0.00000312. The SMILES string of the molecule is CCNC(=NCCCc1nc(C)cs1)NCCc1ncc(CC)s1.I. The van der Waals surface area contributed by atoms with Crippen molar-refractivity contribution in [2.75, 3.05) is 19.6 Å². The number of aromatic nitrogens is 2. The maximum atomic E-state index is 4.64. The third-order valence-corrected chi connectivity index (χ3v) is 5.64. The van der Waals surface area contributed by atoms with E-state index < -0.39 is 0 Å². The fourth-order valence-electron chi connectivity index (χ4n) is 2.20. The minimum Gasteiger partial charge on any atom is -0.357 e. The fourth-order valence-corrected chi connectivity index (χ4v) is 3.88. The fraction of sp³-hybridized carbons (Fsp3) is 0.588. The molecule has 0 fully saturated rings. The molecule has 0 saturated carbocycles. The molecule has 0 atom stereocenters. The van der Waals surface area contributed by atoms with Crippen molar-refractivity contribution in [2.24, 2.45) is 4.99 Å². The Kier molecular flexibility index (Phi) is 11.2. The van der Waals surface area contributed by atoms with Crippen LogP contribution in [0.25, 0.3) is 0 Å². The summed E-state index contributed by atoms with van der Waals surface area (Å²) in [6, 6.07) is 0. The van der Waals surface area contributed by atoms with Crippen LogP contribution in [0.4, 0.5) is 0 Å². The van der Waals surface area contributed by atoms with Gasteiger partial charge < -0.3 is 10.6 Å². The molecular formula is C17H28IN5S2. The lowest BCUT2D eigenvalue weighted by Crippen LogP contribution is -2.38. The van der Waals surface area contributed by atoms with E-state index in [0.717, 1.165) is 57.0 Å². The van der Waals surface area contributed by atoms with Crippen LogP contribution in [-0.4, -0.2) is 35.6 Å². The Hall–Kier alpha value is -0.740. The number of nitrogens with one attached hydrogen (secondary N) is 2. The molecule has 0 aliphatic heterocycles. The average molecular weight is 493 g/mol. The van der Waals surface area contributed by atoms with Gasteiger partial charge in [0.05, 0.1) is 10.0 Å². The molecule has 2 aromatic heterocycles. The molecule has 0 spiro atoms. The molecule has 0 aliphatic rings. The van der Waals surface area contributed by atoms with Crippen molar-refractivity contribution < 1.29 is 0 Å². The van der Waals surface area contributed by atoms with Crippen molar-refractivity contribution in [1.82, 2.24) is 20.6 Å². The monoisotopic (exact) mass is 493 g/mol. The summed E-state index contributed by atoms with van der Waals surface area (Å²) in [5.41, 5.74) is 1.11. The highest BCUT2D eigenvalue weighted by molar-refractivity contribution is 14.0. The molecule has 0 saturated heterocycles. The van der Waals surface area contributed by atoms with Gasteiger partial charge in [0.15, 0.2) is 5.96 Å². The predicted octanol–water partition coefficient (Wildman–Crippen LogP) is 3.82. The molecule has 5 nitrogen and oxygen atoms in total. The third kappa shape index (κ3) is 8.46. The summed E-state index contributed by atoms with van der Waals surface area (Å²) in [6.07, 6.45) is 6.01. The smallest absolute Gasteiger partial charge is 0.191 e. The second-order valence-electron chi connectivity index (χ2n) is 5.50. The van der Waals surface area contributed by atoms with Crippen molar-refractivity contribution in [3.05, 3.63) is 32.2 Å². The first kappa shape index (κ1) is 22.3. The van der Waals surface area contributed by atoms with Gasteiger partial charge >= 0.3 is 0 Å². The number of hydrogen-bond acceptors (Lipinski definition) is 5. The first-order valence-corrected chi connectivity index (χ1v) is 10.3. The molecule has 25 heavy (non-hydrogen) atoms. The minimum atomic E-state index is 0. The van der Waals surface area contributed by atoms with Crippen molar-refractivity contribution in [3.63, 3.8) is 0 Å². The van der Waals surface area contributed by atoms with E-state index in [-0.39, 0.29) is 24.0 Å². The van der Waals surface area contributed by atoms with E-state index in [0.29, 0.717) is 0 Å². The van der Waals surface area contributed by atoms with Crippen LogP contribution in [0.5, 0.6) is 0 Å². The van der Waals surface area contributed by atoms with Gasteiger partial charge in [-0.3, -0.25) is 4.99 Å². The summed E-state index contributed by atoms with van der Waals surface area (Å²) in [7, 11) is 0. The van der Waals surface area contributed by atoms with E-state index in [1.54, 1.807) is 22.7 Å². The Morgan fingerprint density at radius 2 is 2.04 bits per heavy atom. The zero-order valence-corrected chi connectivity index (χ0v) is 19.1. The summed E-state index contributed by atoms with van der Waals surface area (Å²) >= 11 is 3.54. The number of nitrogens with zero attached hydrogens (tertiary/aromatic N) is 3. The highest BCUT2D eigenvalue weighted by Gasteiger charge is 2.02. The van der Waals surface area contributed by atoms with Crippen LogP contribution >= 0.6 is 46.7 Å². The Bertz CT molecular complexity index is 639. The van der Waals surface area contributed by atoms with Crippen LogP contribution in [0.1, 0.15) is 40.9 Å². The van der Waals surface area contributed by atoms with Crippen molar-refractivity contribution >= 4 is 52.6 Å². The number of rotatable bonds is 9. The van der Waals surface area contributed by atoms with Gasteiger partial charge in [0.25, 0.3) is 0 Å². The van der Waals surface area contributed by atoms with Gasteiger partial charge in [-0.2, -0.15) is 0 Å². The van der Waals surface area contributed by atoms with E-state index in [4.69, 9.17) is 0 Å². The molecule has 8 heteroatoms. The van der Waals surface area contributed by atoms with Gasteiger partial charge in [0, 0.05) is 54.6 Å². The summed E-state index contributed by atoms with van der Waals surface area (Å²) < 4.78 is 0. The molecule has 2 N–H and O–H groups in total. The predicted molar refractivity (Wildman–Crippen MR) is 120 cm³/mol. The van der Waals surface area contributed by atoms with Crippen LogP contribution in [0.3, 0.4) is 0 Å². The summed E-state index contributed by atoms with van der Waals surface area (Å²) in [6.45, 7) is 8.83. The Labute approximate surface area is 175 Å². The molecular weight excluding hydrogens is 465 g/mol. The normalized spacial score (nSPS) is 11.2. The van der Waals surface area contributed by atoms with Crippen molar-refractivity contribution in [2.45, 2.75) is 46.5 Å². The maximum absolute atomic E-state index is 4.64. The van der Waals surface area contributed by atoms with Gasteiger partial charge in [-0.05, 0) is 26.7 Å². The van der Waals surface area contributed by atoms with Gasteiger partial charge in [-0.15, -0.1) is 46.7 Å². The standard InChI is InChI=1S/C17H27N5S2.HI/c1-4-14-11-21-15(24-14)8-10-20-17(18-5-2)19-9-6-7-16-22-13(3)12-23-16;/h11-12H,4-10H2,1-3H3,(H2,18,19,20);1H. The maximum Gasteiger partial charge on any atom is 0.191 e. The first-order chi connectivity index (χ1) is 11.7. The second kappa shape index (κ2) is 12.6. The quantitative estimate of drug-likeness (QED) is 0.241. The zero-order valence-electron chi connectivity index (χ0n) is 15.2. The van der Waals surface area contributed by atoms with Crippen LogP contribution in [0, 0.1) is 6.92 Å². The van der Waals surface area contributed by atoms with Crippen molar-refractivity contribution in [3.8, 4) is 0 Å². The van der Waals surface area contributed by atoms with Gasteiger partial charge in [0.2, 0.25) is 0 Å². The molecule has 2 heterocycles. The average Bonchev–Trinajstić information content (AvgIpc) is 3.20. The van der Waals surface area contributed by atoms with Gasteiger partial charge in [-0.25, -0.2) is 9.97 Å².